The van der Waals surface area contributed by atoms with Gasteiger partial charge in [0.25, 0.3) is 0 Å². The van der Waals surface area contributed by atoms with Crippen molar-refractivity contribution in [3.63, 3.8) is 0 Å². The Morgan fingerprint density at radius 2 is 1.83 bits per heavy atom. The summed E-state index contributed by atoms with van der Waals surface area (Å²) in [6.45, 7) is 5.47. The number of rotatable bonds is 2. The van der Waals surface area contributed by atoms with Crippen molar-refractivity contribution in [1.82, 2.24) is 10.0 Å². The lowest BCUT2D eigenvalue weighted by atomic mass is 9.81. The zero-order chi connectivity index (χ0) is 13.3. The third-order valence-corrected chi connectivity index (χ3v) is 4.19. The summed E-state index contributed by atoms with van der Waals surface area (Å²) in [4.78, 5) is 23.5. The fraction of sp³-hybridized carbons (Fsp3) is 0.846. The van der Waals surface area contributed by atoms with E-state index in [0.29, 0.717) is 6.42 Å². The van der Waals surface area contributed by atoms with E-state index in [9.17, 15) is 14.7 Å². The minimum Gasteiger partial charge on any atom is -0.481 e. The van der Waals surface area contributed by atoms with Crippen molar-refractivity contribution < 1.29 is 14.7 Å². The van der Waals surface area contributed by atoms with Crippen molar-refractivity contribution in [3.05, 3.63) is 0 Å². The van der Waals surface area contributed by atoms with E-state index in [0.717, 1.165) is 25.9 Å². The summed E-state index contributed by atoms with van der Waals surface area (Å²) in [6.07, 6.45) is 3.72. The number of hydrogen-bond acceptors (Lipinski definition) is 3. The fourth-order valence-corrected chi connectivity index (χ4v) is 3.31. The molecule has 0 saturated carbocycles. The van der Waals surface area contributed by atoms with Gasteiger partial charge >= 0.3 is 5.97 Å². The molecular formula is C13H22N2O3. The van der Waals surface area contributed by atoms with Gasteiger partial charge in [0.05, 0.1) is 12.0 Å². The van der Waals surface area contributed by atoms with Gasteiger partial charge in [-0.2, -0.15) is 0 Å². The molecule has 2 heterocycles. The molecule has 5 nitrogen and oxygen atoms in total. The van der Waals surface area contributed by atoms with Crippen molar-refractivity contribution >= 4 is 11.9 Å². The van der Waals surface area contributed by atoms with E-state index in [1.165, 1.54) is 6.42 Å². The number of carboxylic acid groups (broad SMARTS) is 1. The molecule has 0 aromatic rings. The summed E-state index contributed by atoms with van der Waals surface area (Å²) < 4.78 is 0. The van der Waals surface area contributed by atoms with Crippen LogP contribution in [-0.2, 0) is 9.59 Å². The first kappa shape index (κ1) is 13.3. The molecule has 3 atom stereocenters. The molecule has 5 heteroatoms. The van der Waals surface area contributed by atoms with E-state index in [1.807, 2.05) is 13.8 Å². The average Bonchev–Trinajstić information content (AvgIpc) is 2.28. The number of carbonyl (C=O) groups is 2. The molecule has 0 aromatic carbocycles. The molecule has 18 heavy (non-hydrogen) atoms. The SMILES string of the molecule is CC1CC(=O)N(N2CCCCC2)C(C)C1C(=O)O. The van der Waals surface area contributed by atoms with E-state index in [1.54, 1.807) is 5.01 Å². The van der Waals surface area contributed by atoms with Gasteiger partial charge in [-0.05, 0) is 25.7 Å². The van der Waals surface area contributed by atoms with Crippen LogP contribution in [0.1, 0.15) is 39.5 Å². The first-order valence-corrected chi connectivity index (χ1v) is 6.82. The molecule has 102 valence electrons. The number of aliphatic carboxylic acids is 1. The van der Waals surface area contributed by atoms with Crippen LogP contribution in [0.5, 0.6) is 0 Å². The number of amides is 1. The number of piperidine rings is 2. The van der Waals surface area contributed by atoms with E-state index < -0.39 is 11.9 Å². The Balaban J connectivity index is 2.17. The van der Waals surface area contributed by atoms with E-state index in [-0.39, 0.29) is 17.9 Å². The van der Waals surface area contributed by atoms with Gasteiger partial charge in [-0.3, -0.25) is 14.6 Å². The lowest BCUT2D eigenvalue weighted by molar-refractivity contribution is -0.177. The van der Waals surface area contributed by atoms with Gasteiger partial charge in [-0.25, -0.2) is 5.01 Å². The van der Waals surface area contributed by atoms with Crippen LogP contribution >= 0.6 is 0 Å². The zero-order valence-corrected chi connectivity index (χ0v) is 11.1. The third kappa shape index (κ3) is 2.36. The predicted octanol–water partition coefficient (Wildman–Crippen LogP) is 1.34. The summed E-state index contributed by atoms with van der Waals surface area (Å²) in [5.74, 6) is -1.24. The second-order valence-corrected chi connectivity index (χ2v) is 5.54. The normalized spacial score (nSPS) is 34.7. The van der Waals surface area contributed by atoms with Crippen molar-refractivity contribution in [2.75, 3.05) is 13.1 Å². The number of carboxylic acids is 1. The maximum Gasteiger partial charge on any atom is 0.308 e. The van der Waals surface area contributed by atoms with Crippen molar-refractivity contribution in [2.24, 2.45) is 11.8 Å². The Hall–Kier alpha value is -1.10. The number of hydrazine groups is 1. The highest BCUT2D eigenvalue weighted by Crippen LogP contribution is 2.32. The standard InChI is InChI=1S/C13H22N2O3/c1-9-8-11(16)15(10(2)12(9)13(17)18)14-6-4-3-5-7-14/h9-10,12H,3-8H2,1-2H3,(H,17,18). The zero-order valence-electron chi connectivity index (χ0n) is 11.1. The monoisotopic (exact) mass is 254 g/mol. The highest BCUT2D eigenvalue weighted by molar-refractivity contribution is 5.81. The van der Waals surface area contributed by atoms with Crippen LogP contribution in [0.4, 0.5) is 0 Å². The molecular weight excluding hydrogens is 232 g/mol. The van der Waals surface area contributed by atoms with Crippen LogP contribution in [0.2, 0.25) is 0 Å². The highest BCUT2D eigenvalue weighted by atomic mass is 16.4. The topological polar surface area (TPSA) is 60.9 Å². The van der Waals surface area contributed by atoms with Gasteiger partial charge in [0.2, 0.25) is 5.91 Å². The van der Waals surface area contributed by atoms with Crippen LogP contribution in [0.15, 0.2) is 0 Å². The van der Waals surface area contributed by atoms with Gasteiger partial charge in [-0.15, -0.1) is 0 Å². The van der Waals surface area contributed by atoms with Crippen LogP contribution in [0.25, 0.3) is 0 Å². The second-order valence-electron chi connectivity index (χ2n) is 5.54. The molecule has 0 radical (unpaired) electrons. The summed E-state index contributed by atoms with van der Waals surface area (Å²) in [6, 6.07) is -0.239. The van der Waals surface area contributed by atoms with Crippen LogP contribution in [0, 0.1) is 11.8 Å². The van der Waals surface area contributed by atoms with Crippen LogP contribution in [0.3, 0.4) is 0 Å². The minimum atomic E-state index is -0.787. The van der Waals surface area contributed by atoms with Crippen molar-refractivity contribution in [1.29, 1.82) is 0 Å². The molecule has 0 spiro atoms. The van der Waals surface area contributed by atoms with Crippen molar-refractivity contribution in [3.8, 4) is 0 Å². The minimum absolute atomic E-state index is 0.0777. The molecule has 0 aromatic heterocycles. The van der Waals surface area contributed by atoms with Crippen LogP contribution in [-0.4, -0.2) is 46.1 Å². The first-order valence-electron chi connectivity index (χ1n) is 6.82. The Morgan fingerprint density at radius 3 is 2.39 bits per heavy atom. The quantitative estimate of drug-likeness (QED) is 0.808. The third-order valence-electron chi connectivity index (χ3n) is 4.19. The van der Waals surface area contributed by atoms with Gasteiger partial charge in [0.1, 0.15) is 0 Å². The Morgan fingerprint density at radius 1 is 1.22 bits per heavy atom. The van der Waals surface area contributed by atoms with E-state index in [2.05, 4.69) is 5.01 Å². The number of hydrogen-bond donors (Lipinski definition) is 1. The Kier molecular flexibility index (Phi) is 3.90. The van der Waals surface area contributed by atoms with Gasteiger partial charge in [0, 0.05) is 19.5 Å². The Bertz CT molecular complexity index is 339. The van der Waals surface area contributed by atoms with Gasteiger partial charge < -0.3 is 5.11 Å². The summed E-state index contributed by atoms with van der Waals surface area (Å²) >= 11 is 0. The second kappa shape index (κ2) is 5.26. The molecule has 2 rings (SSSR count). The largest absolute Gasteiger partial charge is 0.481 e. The lowest BCUT2D eigenvalue weighted by Crippen LogP contribution is -2.60. The molecule has 1 N–H and O–H groups in total. The van der Waals surface area contributed by atoms with Gasteiger partial charge in [0.15, 0.2) is 0 Å². The summed E-state index contributed by atoms with van der Waals surface area (Å²) in [5.41, 5.74) is 0. The maximum atomic E-state index is 12.2. The Labute approximate surface area is 108 Å². The molecule has 0 aliphatic carbocycles. The predicted molar refractivity (Wildman–Crippen MR) is 66.6 cm³/mol. The molecule has 0 bridgehead atoms. The maximum absolute atomic E-state index is 12.2. The molecule has 2 aliphatic rings. The molecule has 1 amide bonds. The number of nitrogens with zero attached hydrogens (tertiary/aromatic N) is 2. The lowest BCUT2D eigenvalue weighted by Gasteiger charge is -2.47. The first-order chi connectivity index (χ1) is 8.52. The molecule has 2 saturated heterocycles. The molecule has 2 aliphatic heterocycles. The summed E-state index contributed by atoms with van der Waals surface area (Å²) in [7, 11) is 0. The molecule has 2 fully saturated rings. The fourth-order valence-electron chi connectivity index (χ4n) is 3.31. The van der Waals surface area contributed by atoms with Gasteiger partial charge in [-0.1, -0.05) is 13.3 Å². The van der Waals surface area contributed by atoms with E-state index >= 15 is 0 Å². The summed E-state index contributed by atoms with van der Waals surface area (Å²) in [5, 5.41) is 13.1. The smallest absolute Gasteiger partial charge is 0.308 e. The average molecular weight is 254 g/mol. The van der Waals surface area contributed by atoms with E-state index in [4.69, 9.17) is 0 Å². The highest BCUT2D eigenvalue weighted by Gasteiger charge is 2.44. The molecule has 3 unspecified atom stereocenters. The van der Waals surface area contributed by atoms with Crippen molar-refractivity contribution in [2.45, 2.75) is 45.6 Å². The number of carbonyl (C=O) groups excluding carboxylic acids is 1. The van der Waals surface area contributed by atoms with Crippen LogP contribution < -0.4 is 0 Å².